The van der Waals surface area contributed by atoms with Gasteiger partial charge in [-0.25, -0.2) is 0 Å². The molecule has 0 saturated carbocycles. The minimum Gasteiger partial charge on any atom is -0.385 e. The summed E-state index contributed by atoms with van der Waals surface area (Å²) in [5.74, 6) is 0.745. The van der Waals surface area contributed by atoms with Gasteiger partial charge in [-0.1, -0.05) is 20.3 Å². The predicted octanol–water partition coefficient (Wildman–Crippen LogP) is 3.48. The van der Waals surface area contributed by atoms with Crippen molar-refractivity contribution >= 4 is 16.9 Å². The topological polar surface area (TPSA) is 46.7 Å². The molecule has 2 heterocycles. The van der Waals surface area contributed by atoms with Crippen molar-refractivity contribution in [2.45, 2.75) is 45.6 Å². The molecule has 1 unspecified atom stereocenters. The molecule has 0 aliphatic heterocycles. The molecule has 0 fully saturated rings. The Morgan fingerprint density at radius 2 is 2.19 bits per heavy atom. The number of anilines is 1. The van der Waals surface area contributed by atoms with Crippen LogP contribution in [-0.4, -0.2) is 9.55 Å². The van der Waals surface area contributed by atoms with E-state index in [0.29, 0.717) is 0 Å². The van der Waals surface area contributed by atoms with E-state index in [4.69, 9.17) is 5.73 Å². The molecule has 2 aromatic rings. The molecule has 88 valence electrons. The van der Waals surface area contributed by atoms with Crippen LogP contribution in [0.2, 0.25) is 0 Å². The van der Waals surface area contributed by atoms with Gasteiger partial charge in [-0.3, -0.25) is 0 Å². The Morgan fingerprint density at radius 3 is 2.81 bits per heavy atom. The number of hydrogen-bond acceptors (Lipinski definition) is 1. The van der Waals surface area contributed by atoms with Crippen molar-refractivity contribution in [3.05, 3.63) is 18.3 Å². The van der Waals surface area contributed by atoms with E-state index in [2.05, 4.69) is 42.6 Å². The van der Waals surface area contributed by atoms with Crippen LogP contribution in [0.25, 0.3) is 11.0 Å². The Hall–Kier alpha value is -1.38. The molecule has 1 atom stereocenters. The fourth-order valence-electron chi connectivity index (χ4n) is 2.51. The van der Waals surface area contributed by atoms with Gasteiger partial charge in [0.25, 0.3) is 0 Å². The second-order valence-corrected chi connectivity index (χ2v) is 4.81. The molecular weight excluding hydrogens is 198 g/mol. The molecule has 3 N–H and O–H groups in total. The number of rotatable bonds is 4. The van der Waals surface area contributed by atoms with Crippen LogP contribution in [0, 0.1) is 0 Å². The summed E-state index contributed by atoms with van der Waals surface area (Å²) < 4.78 is 2.36. The molecule has 0 bridgehead atoms. The molecule has 0 aliphatic carbocycles. The van der Waals surface area contributed by atoms with Crippen molar-refractivity contribution in [2.75, 3.05) is 5.73 Å². The van der Waals surface area contributed by atoms with Crippen molar-refractivity contribution in [3.63, 3.8) is 0 Å². The Balaban J connectivity index is 2.51. The number of nitrogens with two attached hydrogens (primary N) is 1. The van der Waals surface area contributed by atoms with Crippen molar-refractivity contribution in [3.8, 4) is 0 Å². The van der Waals surface area contributed by atoms with E-state index in [1.165, 1.54) is 18.4 Å². The molecule has 0 amide bonds. The third-order valence-corrected chi connectivity index (χ3v) is 3.63. The van der Waals surface area contributed by atoms with Crippen LogP contribution < -0.4 is 5.73 Å². The maximum atomic E-state index is 5.79. The van der Waals surface area contributed by atoms with Gasteiger partial charge in [0.15, 0.2) is 0 Å². The zero-order valence-electron chi connectivity index (χ0n) is 10.4. The molecule has 2 rings (SSSR count). The molecule has 16 heavy (non-hydrogen) atoms. The van der Waals surface area contributed by atoms with E-state index in [-0.39, 0.29) is 5.54 Å². The Kier molecular flexibility index (Phi) is 2.70. The molecule has 0 aromatic carbocycles. The normalized spacial score (nSPS) is 15.4. The van der Waals surface area contributed by atoms with Crippen molar-refractivity contribution in [2.24, 2.45) is 0 Å². The SMILES string of the molecule is CCCC(C)(CC)n1ccc2[nH]c(N)cc21. The summed E-state index contributed by atoms with van der Waals surface area (Å²) in [6.45, 7) is 6.80. The van der Waals surface area contributed by atoms with E-state index in [1.54, 1.807) is 0 Å². The number of nitrogens with one attached hydrogen (secondary N) is 1. The van der Waals surface area contributed by atoms with E-state index in [1.807, 2.05) is 6.07 Å². The highest BCUT2D eigenvalue weighted by molar-refractivity contribution is 5.81. The third kappa shape index (κ3) is 1.60. The molecule has 0 radical (unpaired) electrons. The average molecular weight is 219 g/mol. The van der Waals surface area contributed by atoms with Crippen LogP contribution >= 0.6 is 0 Å². The third-order valence-electron chi connectivity index (χ3n) is 3.63. The van der Waals surface area contributed by atoms with E-state index < -0.39 is 0 Å². The quantitative estimate of drug-likeness (QED) is 0.812. The summed E-state index contributed by atoms with van der Waals surface area (Å²) in [6, 6.07) is 4.13. The van der Waals surface area contributed by atoms with Gasteiger partial charge in [0.2, 0.25) is 0 Å². The highest BCUT2D eigenvalue weighted by Crippen LogP contribution is 2.31. The number of aromatic nitrogens is 2. The number of nitrogen functional groups attached to an aromatic ring is 1. The van der Waals surface area contributed by atoms with E-state index in [9.17, 15) is 0 Å². The lowest BCUT2D eigenvalue weighted by Crippen LogP contribution is -2.28. The van der Waals surface area contributed by atoms with Crippen LogP contribution in [0.1, 0.15) is 40.0 Å². The summed E-state index contributed by atoms with van der Waals surface area (Å²) in [6.07, 6.45) is 5.69. The second-order valence-electron chi connectivity index (χ2n) is 4.81. The van der Waals surface area contributed by atoms with Gasteiger partial charge in [0.05, 0.1) is 11.0 Å². The van der Waals surface area contributed by atoms with Gasteiger partial charge >= 0.3 is 0 Å². The lowest BCUT2D eigenvalue weighted by Gasteiger charge is -2.31. The number of hydrogen-bond donors (Lipinski definition) is 2. The van der Waals surface area contributed by atoms with Gasteiger partial charge in [0.1, 0.15) is 5.82 Å². The monoisotopic (exact) mass is 219 g/mol. The van der Waals surface area contributed by atoms with Crippen LogP contribution in [0.4, 0.5) is 5.82 Å². The maximum Gasteiger partial charge on any atom is 0.103 e. The van der Waals surface area contributed by atoms with Gasteiger partial charge < -0.3 is 15.3 Å². The first-order chi connectivity index (χ1) is 7.60. The zero-order chi connectivity index (χ0) is 11.8. The van der Waals surface area contributed by atoms with Crippen LogP contribution in [0.15, 0.2) is 18.3 Å². The first-order valence-electron chi connectivity index (χ1n) is 6.06. The zero-order valence-corrected chi connectivity index (χ0v) is 10.4. The van der Waals surface area contributed by atoms with E-state index in [0.717, 1.165) is 17.8 Å². The van der Waals surface area contributed by atoms with Crippen LogP contribution in [0.3, 0.4) is 0 Å². The minimum atomic E-state index is 0.200. The summed E-state index contributed by atoms with van der Waals surface area (Å²) >= 11 is 0. The number of H-pyrrole nitrogens is 1. The van der Waals surface area contributed by atoms with E-state index >= 15 is 0 Å². The number of nitrogens with zero attached hydrogens (tertiary/aromatic N) is 1. The minimum absolute atomic E-state index is 0.200. The first-order valence-corrected chi connectivity index (χ1v) is 6.06. The van der Waals surface area contributed by atoms with Crippen LogP contribution in [-0.2, 0) is 5.54 Å². The van der Waals surface area contributed by atoms with Crippen LogP contribution in [0.5, 0.6) is 0 Å². The first kappa shape index (κ1) is 11.1. The lowest BCUT2D eigenvalue weighted by atomic mass is 9.92. The number of aromatic amines is 1. The summed E-state index contributed by atoms with van der Waals surface area (Å²) in [4.78, 5) is 3.17. The lowest BCUT2D eigenvalue weighted by molar-refractivity contribution is 0.288. The van der Waals surface area contributed by atoms with Crippen molar-refractivity contribution in [1.82, 2.24) is 9.55 Å². The second kappa shape index (κ2) is 3.89. The Morgan fingerprint density at radius 1 is 1.44 bits per heavy atom. The van der Waals surface area contributed by atoms with Gasteiger partial charge in [-0.05, 0) is 25.8 Å². The van der Waals surface area contributed by atoms with Crippen molar-refractivity contribution < 1.29 is 0 Å². The summed E-state index contributed by atoms with van der Waals surface area (Å²) in [7, 11) is 0. The Labute approximate surface area is 96.6 Å². The number of fused-ring (bicyclic) bond motifs is 1. The van der Waals surface area contributed by atoms with Gasteiger partial charge in [-0.2, -0.15) is 0 Å². The fraction of sp³-hybridized carbons (Fsp3) is 0.538. The van der Waals surface area contributed by atoms with Gasteiger partial charge in [-0.15, -0.1) is 0 Å². The predicted molar refractivity (Wildman–Crippen MR) is 69.5 cm³/mol. The highest BCUT2D eigenvalue weighted by Gasteiger charge is 2.24. The molecular formula is C13H21N3. The standard InChI is InChI=1S/C13H21N3/c1-4-7-13(3,5-2)16-8-6-10-11(16)9-12(14)15-10/h6,8-9,15H,4-5,7,14H2,1-3H3. The largest absolute Gasteiger partial charge is 0.385 e. The Bertz CT molecular complexity index is 480. The van der Waals surface area contributed by atoms with Gasteiger partial charge in [0, 0.05) is 17.8 Å². The smallest absolute Gasteiger partial charge is 0.103 e. The molecule has 3 nitrogen and oxygen atoms in total. The highest BCUT2D eigenvalue weighted by atomic mass is 15.1. The van der Waals surface area contributed by atoms with Crippen molar-refractivity contribution in [1.29, 1.82) is 0 Å². The molecule has 0 aliphatic rings. The molecule has 2 aromatic heterocycles. The summed E-state index contributed by atoms with van der Waals surface area (Å²) in [5.41, 5.74) is 8.34. The molecule has 3 heteroatoms. The fourth-order valence-corrected chi connectivity index (χ4v) is 2.51. The maximum absolute atomic E-state index is 5.79. The average Bonchev–Trinajstić information content (AvgIpc) is 2.76. The summed E-state index contributed by atoms with van der Waals surface area (Å²) in [5, 5.41) is 0. The molecule has 0 saturated heterocycles. The molecule has 0 spiro atoms.